The van der Waals surface area contributed by atoms with Crippen LogP contribution >= 0.6 is 0 Å². The summed E-state index contributed by atoms with van der Waals surface area (Å²) in [5.41, 5.74) is -0.754. The predicted molar refractivity (Wildman–Crippen MR) is 64.6 cm³/mol. The van der Waals surface area contributed by atoms with Crippen molar-refractivity contribution in [2.75, 3.05) is 19.7 Å². The second kappa shape index (κ2) is 4.22. The Labute approximate surface area is 107 Å². The SMILES string of the molecule is N#CC1(C(=O)N[C@@H]2COC3(CCNCC3)C2)CC1. The molecule has 2 N–H and O–H groups in total. The van der Waals surface area contributed by atoms with E-state index in [9.17, 15) is 4.79 Å². The van der Waals surface area contributed by atoms with Gasteiger partial charge in [0.15, 0.2) is 0 Å². The van der Waals surface area contributed by atoms with E-state index < -0.39 is 5.41 Å². The predicted octanol–water partition coefficient (Wildman–Crippen LogP) is 0.317. The quantitative estimate of drug-likeness (QED) is 0.739. The summed E-state index contributed by atoms with van der Waals surface area (Å²) in [7, 11) is 0. The Kier molecular flexibility index (Phi) is 2.80. The Hall–Kier alpha value is -1.12. The third kappa shape index (κ3) is 2.00. The summed E-state index contributed by atoms with van der Waals surface area (Å²) in [5, 5.41) is 15.3. The van der Waals surface area contributed by atoms with Crippen LogP contribution in [-0.4, -0.2) is 37.2 Å². The molecule has 0 bridgehead atoms. The number of carbonyl (C=O) groups excluding carboxylic acids is 1. The number of hydrogen-bond donors (Lipinski definition) is 2. The number of rotatable bonds is 2. The van der Waals surface area contributed by atoms with Crippen molar-refractivity contribution in [3.8, 4) is 6.07 Å². The Balaban J connectivity index is 1.56. The molecule has 18 heavy (non-hydrogen) atoms. The average molecular weight is 249 g/mol. The molecule has 0 aromatic rings. The van der Waals surface area contributed by atoms with Gasteiger partial charge in [-0.1, -0.05) is 0 Å². The molecule has 1 saturated carbocycles. The Morgan fingerprint density at radius 3 is 2.67 bits per heavy atom. The summed E-state index contributed by atoms with van der Waals surface area (Å²) in [6.07, 6.45) is 4.34. The highest BCUT2D eigenvalue weighted by molar-refractivity contribution is 5.88. The number of amides is 1. The van der Waals surface area contributed by atoms with Crippen molar-refractivity contribution in [3.05, 3.63) is 0 Å². The number of nitriles is 1. The fourth-order valence-corrected chi connectivity index (χ4v) is 3.01. The van der Waals surface area contributed by atoms with Gasteiger partial charge in [0.1, 0.15) is 5.41 Å². The Morgan fingerprint density at radius 1 is 1.33 bits per heavy atom. The number of ether oxygens (including phenoxy) is 1. The minimum atomic E-state index is -0.718. The highest BCUT2D eigenvalue weighted by Crippen LogP contribution is 2.45. The van der Waals surface area contributed by atoms with Crippen LogP contribution in [0.25, 0.3) is 0 Å². The van der Waals surface area contributed by atoms with Crippen LogP contribution in [0.5, 0.6) is 0 Å². The molecule has 3 fully saturated rings. The van der Waals surface area contributed by atoms with E-state index in [0.29, 0.717) is 19.4 Å². The van der Waals surface area contributed by atoms with Gasteiger partial charge >= 0.3 is 0 Å². The maximum absolute atomic E-state index is 12.0. The normalized spacial score (nSPS) is 31.8. The van der Waals surface area contributed by atoms with Crippen molar-refractivity contribution in [1.29, 1.82) is 5.26 Å². The fraction of sp³-hybridized carbons (Fsp3) is 0.846. The van der Waals surface area contributed by atoms with E-state index in [0.717, 1.165) is 32.4 Å². The molecule has 1 amide bonds. The van der Waals surface area contributed by atoms with Crippen LogP contribution in [0.15, 0.2) is 0 Å². The molecule has 5 nitrogen and oxygen atoms in total. The Bertz CT molecular complexity index is 392. The number of carbonyl (C=O) groups is 1. The summed E-state index contributed by atoms with van der Waals surface area (Å²) in [6.45, 7) is 2.57. The largest absolute Gasteiger partial charge is 0.373 e. The van der Waals surface area contributed by atoms with Crippen LogP contribution in [0, 0.1) is 16.7 Å². The van der Waals surface area contributed by atoms with E-state index in [1.807, 2.05) is 0 Å². The van der Waals surface area contributed by atoms with Crippen molar-refractivity contribution in [3.63, 3.8) is 0 Å². The number of nitrogens with zero attached hydrogens (tertiary/aromatic N) is 1. The molecule has 2 aliphatic heterocycles. The van der Waals surface area contributed by atoms with Gasteiger partial charge < -0.3 is 15.4 Å². The summed E-state index contributed by atoms with van der Waals surface area (Å²) in [5.74, 6) is -0.0930. The van der Waals surface area contributed by atoms with Crippen molar-refractivity contribution < 1.29 is 9.53 Å². The minimum absolute atomic E-state index is 0.0352. The zero-order valence-electron chi connectivity index (χ0n) is 10.5. The third-order valence-corrected chi connectivity index (χ3v) is 4.46. The zero-order chi connectivity index (χ0) is 12.6. The molecular formula is C13H19N3O2. The first-order valence-electron chi connectivity index (χ1n) is 6.75. The zero-order valence-corrected chi connectivity index (χ0v) is 10.5. The molecule has 1 spiro atoms. The average Bonchev–Trinajstić information content (AvgIpc) is 3.11. The molecule has 0 radical (unpaired) electrons. The monoisotopic (exact) mass is 249 g/mol. The smallest absolute Gasteiger partial charge is 0.240 e. The molecule has 1 atom stereocenters. The molecule has 2 heterocycles. The summed E-state index contributed by atoms with van der Waals surface area (Å²) < 4.78 is 5.92. The third-order valence-electron chi connectivity index (χ3n) is 4.46. The molecule has 2 saturated heterocycles. The molecule has 0 aromatic heterocycles. The van der Waals surface area contributed by atoms with Crippen molar-refractivity contribution in [2.24, 2.45) is 5.41 Å². The number of piperidine rings is 1. The van der Waals surface area contributed by atoms with Crippen LogP contribution < -0.4 is 10.6 Å². The van der Waals surface area contributed by atoms with E-state index in [-0.39, 0.29) is 17.6 Å². The van der Waals surface area contributed by atoms with Crippen LogP contribution in [0.3, 0.4) is 0 Å². The molecule has 3 rings (SSSR count). The topological polar surface area (TPSA) is 74.2 Å². The summed E-state index contributed by atoms with van der Waals surface area (Å²) in [4.78, 5) is 12.0. The van der Waals surface area contributed by atoms with Crippen LogP contribution in [0.2, 0.25) is 0 Å². The lowest BCUT2D eigenvalue weighted by atomic mass is 9.88. The van der Waals surface area contributed by atoms with Gasteiger partial charge in [-0.3, -0.25) is 4.79 Å². The molecule has 0 unspecified atom stereocenters. The molecule has 1 aliphatic carbocycles. The van der Waals surface area contributed by atoms with E-state index in [1.165, 1.54) is 0 Å². The van der Waals surface area contributed by atoms with E-state index in [1.54, 1.807) is 0 Å². The second-order valence-electron chi connectivity index (χ2n) is 5.81. The highest BCUT2D eigenvalue weighted by atomic mass is 16.5. The first kappa shape index (κ1) is 11.9. The van der Waals surface area contributed by atoms with Crippen LogP contribution in [0.1, 0.15) is 32.1 Å². The van der Waals surface area contributed by atoms with Gasteiger partial charge in [0.2, 0.25) is 5.91 Å². The lowest BCUT2D eigenvalue weighted by Crippen LogP contribution is -2.44. The molecule has 98 valence electrons. The van der Waals surface area contributed by atoms with Crippen LogP contribution in [-0.2, 0) is 9.53 Å². The highest BCUT2D eigenvalue weighted by Gasteiger charge is 2.52. The Morgan fingerprint density at radius 2 is 2.06 bits per heavy atom. The lowest BCUT2D eigenvalue weighted by molar-refractivity contribution is -0.125. The van der Waals surface area contributed by atoms with Crippen molar-refractivity contribution in [1.82, 2.24) is 10.6 Å². The summed E-state index contributed by atoms with van der Waals surface area (Å²) >= 11 is 0. The van der Waals surface area contributed by atoms with Gasteiger partial charge in [-0.15, -0.1) is 0 Å². The first-order valence-corrected chi connectivity index (χ1v) is 6.75. The fourth-order valence-electron chi connectivity index (χ4n) is 3.01. The lowest BCUT2D eigenvalue weighted by Gasteiger charge is -2.32. The number of hydrogen-bond acceptors (Lipinski definition) is 4. The number of nitrogens with one attached hydrogen (secondary N) is 2. The molecule has 5 heteroatoms. The van der Waals surface area contributed by atoms with Gasteiger partial charge in [-0.05, 0) is 45.2 Å². The second-order valence-corrected chi connectivity index (χ2v) is 5.81. The maximum Gasteiger partial charge on any atom is 0.240 e. The van der Waals surface area contributed by atoms with Gasteiger partial charge in [-0.25, -0.2) is 0 Å². The standard InChI is InChI=1S/C13H19N3O2/c14-9-12(1-2-12)11(17)16-10-7-13(18-8-10)3-5-15-6-4-13/h10,15H,1-8H2,(H,16,17)/t10-/m0/s1. The van der Waals surface area contributed by atoms with E-state index >= 15 is 0 Å². The molecule has 0 aromatic carbocycles. The maximum atomic E-state index is 12.0. The summed E-state index contributed by atoms with van der Waals surface area (Å²) in [6, 6.07) is 2.22. The van der Waals surface area contributed by atoms with Crippen molar-refractivity contribution >= 4 is 5.91 Å². The van der Waals surface area contributed by atoms with Gasteiger partial charge in [0.25, 0.3) is 0 Å². The van der Waals surface area contributed by atoms with Gasteiger partial charge in [0.05, 0.1) is 24.3 Å². The molecular weight excluding hydrogens is 230 g/mol. The van der Waals surface area contributed by atoms with Crippen molar-refractivity contribution in [2.45, 2.75) is 43.7 Å². The first-order chi connectivity index (χ1) is 8.68. The van der Waals surface area contributed by atoms with Gasteiger partial charge in [0, 0.05) is 0 Å². The van der Waals surface area contributed by atoms with Gasteiger partial charge in [-0.2, -0.15) is 5.26 Å². The minimum Gasteiger partial charge on any atom is -0.373 e. The van der Waals surface area contributed by atoms with Crippen LogP contribution in [0.4, 0.5) is 0 Å². The molecule has 3 aliphatic rings. The van der Waals surface area contributed by atoms with E-state index in [2.05, 4.69) is 16.7 Å². The van der Waals surface area contributed by atoms with E-state index in [4.69, 9.17) is 10.00 Å².